The SMILES string of the molecule is C=C(C)C(=O)SC(CC)CSc1nnc(SC)s1. The van der Waals surface area contributed by atoms with E-state index in [-0.39, 0.29) is 5.12 Å². The number of thioether (sulfide) groups is 3. The Labute approximate surface area is 125 Å². The smallest absolute Gasteiger partial charge is 0.214 e. The summed E-state index contributed by atoms with van der Waals surface area (Å²) in [4.78, 5) is 11.6. The fraction of sp³-hybridized carbons (Fsp3) is 0.545. The van der Waals surface area contributed by atoms with Crippen LogP contribution in [0.3, 0.4) is 0 Å². The summed E-state index contributed by atoms with van der Waals surface area (Å²) in [7, 11) is 0. The molecule has 18 heavy (non-hydrogen) atoms. The Bertz CT molecular complexity index is 419. The number of aromatic nitrogens is 2. The van der Waals surface area contributed by atoms with Crippen molar-refractivity contribution in [2.24, 2.45) is 0 Å². The lowest BCUT2D eigenvalue weighted by molar-refractivity contribution is -0.107. The van der Waals surface area contributed by atoms with Crippen LogP contribution >= 0.6 is 46.6 Å². The minimum atomic E-state index is 0.0875. The second-order valence-electron chi connectivity index (χ2n) is 3.56. The van der Waals surface area contributed by atoms with Crippen LogP contribution in [0.2, 0.25) is 0 Å². The van der Waals surface area contributed by atoms with Crippen LogP contribution < -0.4 is 0 Å². The van der Waals surface area contributed by atoms with E-state index in [1.165, 1.54) is 11.8 Å². The molecule has 0 spiro atoms. The van der Waals surface area contributed by atoms with Gasteiger partial charge < -0.3 is 0 Å². The summed E-state index contributed by atoms with van der Waals surface area (Å²) in [6, 6.07) is 0. The number of nitrogens with zero attached hydrogens (tertiary/aromatic N) is 2. The van der Waals surface area contributed by atoms with E-state index in [9.17, 15) is 4.79 Å². The zero-order valence-corrected chi connectivity index (χ0v) is 13.9. The third kappa shape index (κ3) is 5.34. The molecule has 7 heteroatoms. The van der Waals surface area contributed by atoms with Crippen LogP contribution in [0.5, 0.6) is 0 Å². The fourth-order valence-corrected chi connectivity index (χ4v) is 4.64. The van der Waals surface area contributed by atoms with E-state index in [2.05, 4.69) is 23.7 Å². The zero-order chi connectivity index (χ0) is 13.5. The molecule has 1 rings (SSSR count). The predicted molar refractivity (Wildman–Crippen MR) is 83.9 cm³/mol. The van der Waals surface area contributed by atoms with Gasteiger partial charge in [-0.2, -0.15) is 0 Å². The highest BCUT2D eigenvalue weighted by atomic mass is 32.2. The monoisotopic (exact) mass is 320 g/mol. The van der Waals surface area contributed by atoms with Crippen LogP contribution in [0.1, 0.15) is 20.3 Å². The average molecular weight is 321 g/mol. The van der Waals surface area contributed by atoms with E-state index < -0.39 is 0 Å². The highest BCUT2D eigenvalue weighted by Gasteiger charge is 2.15. The van der Waals surface area contributed by atoms with Crippen molar-refractivity contribution in [3.8, 4) is 0 Å². The number of rotatable bonds is 7. The third-order valence-corrected chi connectivity index (χ3v) is 6.83. The maximum atomic E-state index is 11.6. The zero-order valence-electron chi connectivity index (χ0n) is 10.6. The second-order valence-corrected chi connectivity index (χ2v) is 8.14. The van der Waals surface area contributed by atoms with Gasteiger partial charge in [-0.15, -0.1) is 10.2 Å². The Morgan fingerprint density at radius 1 is 1.44 bits per heavy atom. The molecule has 0 bridgehead atoms. The van der Waals surface area contributed by atoms with Gasteiger partial charge in [-0.05, 0) is 25.2 Å². The van der Waals surface area contributed by atoms with Gasteiger partial charge in [0.05, 0.1) is 0 Å². The lowest BCUT2D eigenvalue weighted by atomic mass is 10.4. The fourth-order valence-electron chi connectivity index (χ4n) is 0.989. The van der Waals surface area contributed by atoms with E-state index in [0.29, 0.717) is 10.8 Å². The molecule has 1 aromatic rings. The Hall–Kier alpha value is 0.0200. The van der Waals surface area contributed by atoms with Crippen molar-refractivity contribution in [2.75, 3.05) is 12.0 Å². The van der Waals surface area contributed by atoms with Crippen LogP contribution in [0.25, 0.3) is 0 Å². The predicted octanol–water partition coefficient (Wildman–Crippen LogP) is 3.97. The largest absolute Gasteiger partial charge is 0.282 e. The van der Waals surface area contributed by atoms with Gasteiger partial charge >= 0.3 is 0 Å². The standard InChI is InChI=1S/C11H16N2OS4/c1-5-8(17-9(14)7(2)3)6-16-11-13-12-10(15-4)18-11/h8H,2,5-6H2,1,3-4H3. The molecule has 100 valence electrons. The minimum absolute atomic E-state index is 0.0875. The number of carbonyl (C=O) groups excluding carboxylic acids is 1. The summed E-state index contributed by atoms with van der Waals surface area (Å²) in [5, 5.41) is 8.55. The van der Waals surface area contributed by atoms with Crippen molar-refractivity contribution < 1.29 is 4.79 Å². The Morgan fingerprint density at radius 2 is 2.11 bits per heavy atom. The van der Waals surface area contributed by atoms with Crippen molar-refractivity contribution in [2.45, 2.75) is 34.2 Å². The Balaban J connectivity index is 2.44. The summed E-state index contributed by atoms with van der Waals surface area (Å²) < 4.78 is 1.96. The quantitative estimate of drug-likeness (QED) is 0.559. The van der Waals surface area contributed by atoms with Gasteiger partial charge in [0.2, 0.25) is 5.12 Å². The molecular formula is C11H16N2OS4. The summed E-state index contributed by atoms with van der Waals surface area (Å²) in [6.45, 7) is 7.52. The molecule has 0 N–H and O–H groups in total. The van der Waals surface area contributed by atoms with Gasteiger partial charge in [0.15, 0.2) is 8.68 Å². The van der Waals surface area contributed by atoms with Crippen molar-refractivity contribution in [3.05, 3.63) is 12.2 Å². The first-order valence-corrected chi connectivity index (χ1v) is 9.34. The molecule has 1 unspecified atom stereocenters. The highest BCUT2D eigenvalue weighted by Crippen LogP contribution is 2.31. The topological polar surface area (TPSA) is 42.9 Å². The normalized spacial score (nSPS) is 12.4. The number of carbonyl (C=O) groups is 1. The van der Waals surface area contributed by atoms with Crippen molar-refractivity contribution in [3.63, 3.8) is 0 Å². The molecule has 0 saturated heterocycles. The van der Waals surface area contributed by atoms with E-state index in [0.717, 1.165) is 20.9 Å². The van der Waals surface area contributed by atoms with Crippen molar-refractivity contribution in [1.29, 1.82) is 0 Å². The minimum Gasteiger partial charge on any atom is -0.282 e. The number of hydrogen-bond acceptors (Lipinski definition) is 7. The summed E-state index contributed by atoms with van der Waals surface area (Å²) in [5.41, 5.74) is 0.615. The van der Waals surface area contributed by atoms with Crippen LogP contribution in [0, 0.1) is 0 Å². The molecule has 1 heterocycles. The first-order chi connectivity index (χ1) is 8.56. The third-order valence-electron chi connectivity index (χ3n) is 2.03. The van der Waals surface area contributed by atoms with Gasteiger partial charge in [-0.25, -0.2) is 0 Å². The van der Waals surface area contributed by atoms with E-state index in [1.54, 1.807) is 41.8 Å². The molecule has 0 saturated carbocycles. The second kappa shape index (κ2) is 8.24. The molecule has 0 fully saturated rings. The molecule has 1 atom stereocenters. The lowest BCUT2D eigenvalue weighted by Gasteiger charge is -2.11. The van der Waals surface area contributed by atoms with Gasteiger partial charge in [0, 0.05) is 11.0 Å². The van der Waals surface area contributed by atoms with Gasteiger partial charge in [0.1, 0.15) is 0 Å². The maximum absolute atomic E-state index is 11.6. The molecule has 3 nitrogen and oxygen atoms in total. The first-order valence-electron chi connectivity index (χ1n) is 5.43. The molecule has 0 amide bonds. The Morgan fingerprint density at radius 3 is 2.61 bits per heavy atom. The van der Waals surface area contributed by atoms with Crippen LogP contribution in [0.4, 0.5) is 0 Å². The Kier molecular flexibility index (Phi) is 7.36. The summed E-state index contributed by atoms with van der Waals surface area (Å²) in [5.74, 6) is 0.878. The molecule has 0 aromatic carbocycles. The molecule has 1 aromatic heterocycles. The van der Waals surface area contributed by atoms with Crippen LogP contribution in [-0.4, -0.2) is 32.6 Å². The van der Waals surface area contributed by atoms with Gasteiger partial charge in [-0.3, -0.25) is 4.79 Å². The summed E-state index contributed by atoms with van der Waals surface area (Å²) in [6.07, 6.45) is 2.95. The van der Waals surface area contributed by atoms with E-state index >= 15 is 0 Å². The van der Waals surface area contributed by atoms with E-state index in [4.69, 9.17) is 0 Å². The maximum Gasteiger partial charge on any atom is 0.214 e. The molecule has 0 aliphatic rings. The average Bonchev–Trinajstić information content (AvgIpc) is 2.81. The highest BCUT2D eigenvalue weighted by molar-refractivity contribution is 8.15. The number of hydrogen-bond donors (Lipinski definition) is 0. The van der Waals surface area contributed by atoms with Crippen molar-refractivity contribution in [1.82, 2.24) is 10.2 Å². The first kappa shape index (κ1) is 16.1. The molecular weight excluding hydrogens is 304 g/mol. The van der Waals surface area contributed by atoms with Crippen LogP contribution in [-0.2, 0) is 4.79 Å². The van der Waals surface area contributed by atoms with Crippen LogP contribution in [0.15, 0.2) is 20.8 Å². The lowest BCUT2D eigenvalue weighted by Crippen LogP contribution is -2.09. The van der Waals surface area contributed by atoms with Crippen molar-refractivity contribution >= 4 is 51.7 Å². The summed E-state index contributed by atoms with van der Waals surface area (Å²) >= 11 is 6.26. The van der Waals surface area contributed by atoms with E-state index in [1.807, 2.05) is 6.26 Å². The molecule has 0 radical (unpaired) electrons. The van der Waals surface area contributed by atoms with Gasteiger partial charge in [-0.1, -0.05) is 60.1 Å². The van der Waals surface area contributed by atoms with Gasteiger partial charge in [0.25, 0.3) is 0 Å². The molecule has 0 aliphatic heterocycles. The molecule has 0 aliphatic carbocycles.